The Balaban J connectivity index is 2.09. The van der Waals surface area contributed by atoms with E-state index < -0.39 is 10.0 Å². The first-order valence-electron chi connectivity index (χ1n) is 7.63. The molecule has 0 radical (unpaired) electrons. The highest BCUT2D eigenvalue weighted by molar-refractivity contribution is 7.89. The molecule has 25 heavy (non-hydrogen) atoms. The molecule has 4 nitrogen and oxygen atoms in total. The number of benzene rings is 1. The number of aryl methyl sites for hydroxylation is 1. The highest BCUT2D eigenvalue weighted by Gasteiger charge is 2.26. The lowest BCUT2D eigenvalue weighted by Crippen LogP contribution is -2.30. The fraction of sp³-hybridized carbons (Fsp3) is 0.167. The van der Waals surface area contributed by atoms with Gasteiger partial charge in [-0.2, -0.15) is 4.31 Å². The molecule has 0 atom stereocenters. The summed E-state index contributed by atoms with van der Waals surface area (Å²) in [7, 11) is -3.71. The fourth-order valence-corrected chi connectivity index (χ4v) is 5.41. The summed E-state index contributed by atoms with van der Waals surface area (Å²) in [5.74, 6) is 0. The molecule has 0 amide bonds. The van der Waals surface area contributed by atoms with Gasteiger partial charge in [0.1, 0.15) is 0 Å². The van der Waals surface area contributed by atoms with E-state index in [1.165, 1.54) is 15.6 Å². The predicted octanol–water partition coefficient (Wildman–Crippen LogP) is 4.64. The van der Waals surface area contributed by atoms with E-state index in [4.69, 9.17) is 11.6 Å². The third-order valence-corrected chi connectivity index (χ3v) is 6.93. The minimum Gasteiger partial charge on any atom is -0.256 e. The second-order valence-electron chi connectivity index (χ2n) is 5.57. The lowest BCUT2D eigenvalue weighted by atomic mass is 10.1. The van der Waals surface area contributed by atoms with Gasteiger partial charge in [-0.15, -0.1) is 17.9 Å². The summed E-state index contributed by atoms with van der Waals surface area (Å²) in [6.45, 7) is 6.07. The minimum atomic E-state index is -3.71. The Kier molecular flexibility index (Phi) is 5.24. The number of nitrogens with zero attached hydrogens (tertiary/aromatic N) is 2. The van der Waals surface area contributed by atoms with E-state index in [2.05, 4.69) is 11.6 Å². The minimum absolute atomic E-state index is 0.216. The van der Waals surface area contributed by atoms with Crippen LogP contribution in [0.2, 0.25) is 4.34 Å². The largest absolute Gasteiger partial charge is 0.256 e. The Morgan fingerprint density at radius 2 is 2.08 bits per heavy atom. The highest BCUT2D eigenvalue weighted by Crippen LogP contribution is 2.29. The maximum absolute atomic E-state index is 13.3. The van der Waals surface area contributed by atoms with Gasteiger partial charge in [-0.1, -0.05) is 23.7 Å². The van der Waals surface area contributed by atoms with E-state index in [1.54, 1.807) is 42.6 Å². The lowest BCUT2D eigenvalue weighted by molar-refractivity contribution is 0.442. The maximum Gasteiger partial charge on any atom is 0.244 e. The van der Waals surface area contributed by atoms with Crippen LogP contribution >= 0.6 is 22.9 Å². The summed E-state index contributed by atoms with van der Waals surface area (Å²) in [6, 6.07) is 10.6. The van der Waals surface area contributed by atoms with Crippen LogP contribution < -0.4 is 0 Å². The van der Waals surface area contributed by atoms with Crippen LogP contribution in [0.3, 0.4) is 0 Å². The first-order valence-corrected chi connectivity index (χ1v) is 10.3. The van der Waals surface area contributed by atoms with E-state index in [-0.39, 0.29) is 18.0 Å². The normalized spacial score (nSPS) is 12.0. The van der Waals surface area contributed by atoms with E-state index in [0.29, 0.717) is 15.2 Å². The molecule has 0 saturated carbocycles. The van der Waals surface area contributed by atoms with Gasteiger partial charge in [0.25, 0.3) is 0 Å². The van der Waals surface area contributed by atoms with Crippen molar-refractivity contribution in [2.45, 2.75) is 18.4 Å². The van der Waals surface area contributed by atoms with Gasteiger partial charge in [0, 0.05) is 29.5 Å². The highest BCUT2D eigenvalue weighted by atomic mass is 35.5. The van der Waals surface area contributed by atoms with Gasteiger partial charge in [0.05, 0.1) is 14.7 Å². The number of pyridine rings is 1. The van der Waals surface area contributed by atoms with Gasteiger partial charge in [0.2, 0.25) is 10.0 Å². The van der Waals surface area contributed by atoms with Crippen molar-refractivity contribution in [3.63, 3.8) is 0 Å². The summed E-state index contributed by atoms with van der Waals surface area (Å²) in [5.41, 5.74) is 1.64. The molecule has 2 aromatic heterocycles. The van der Waals surface area contributed by atoms with Crippen LogP contribution in [0.25, 0.3) is 10.9 Å². The zero-order chi connectivity index (χ0) is 18.0. The standard InChI is InChI=1S/C18H17ClN2O2S2/c1-3-11-21(12-14-7-9-17(19)24-14)25(22,23)16-8-6-13(2)18-15(16)5-4-10-20-18/h3-10H,1,11-12H2,2H3. The molecule has 0 fully saturated rings. The van der Waals surface area contributed by atoms with Gasteiger partial charge >= 0.3 is 0 Å². The van der Waals surface area contributed by atoms with E-state index >= 15 is 0 Å². The van der Waals surface area contributed by atoms with Gasteiger partial charge in [-0.25, -0.2) is 8.42 Å². The molecule has 2 heterocycles. The zero-order valence-corrected chi connectivity index (χ0v) is 16.0. The van der Waals surface area contributed by atoms with Crippen molar-refractivity contribution >= 4 is 43.9 Å². The molecule has 0 unspecified atom stereocenters. The molecule has 130 valence electrons. The Labute approximate surface area is 156 Å². The van der Waals surface area contributed by atoms with E-state index in [1.807, 2.05) is 13.0 Å². The smallest absolute Gasteiger partial charge is 0.244 e. The van der Waals surface area contributed by atoms with Crippen LogP contribution in [0.15, 0.2) is 60.1 Å². The topological polar surface area (TPSA) is 50.3 Å². The summed E-state index contributed by atoms with van der Waals surface area (Å²) in [5, 5.41) is 0.626. The van der Waals surface area contributed by atoms with Crippen LogP contribution in [-0.4, -0.2) is 24.3 Å². The van der Waals surface area contributed by atoms with Crippen LogP contribution in [0, 0.1) is 6.92 Å². The number of aromatic nitrogens is 1. The average Bonchev–Trinajstić information content (AvgIpc) is 3.00. The molecule has 7 heteroatoms. The molecule has 0 saturated heterocycles. The van der Waals surface area contributed by atoms with Crippen LogP contribution in [0.4, 0.5) is 0 Å². The van der Waals surface area contributed by atoms with Crippen molar-refractivity contribution in [2.75, 3.05) is 6.54 Å². The summed E-state index contributed by atoms with van der Waals surface area (Å²) in [6.07, 6.45) is 3.25. The quantitative estimate of drug-likeness (QED) is 0.574. The first-order chi connectivity index (χ1) is 11.9. The number of sulfonamides is 1. The number of halogens is 1. The predicted molar refractivity (Wildman–Crippen MR) is 104 cm³/mol. The summed E-state index contributed by atoms with van der Waals surface area (Å²) in [4.78, 5) is 5.46. The Morgan fingerprint density at radius 3 is 2.76 bits per heavy atom. The number of hydrogen-bond donors (Lipinski definition) is 0. The molecule has 0 spiro atoms. The molecule has 3 aromatic rings. The van der Waals surface area contributed by atoms with Crippen molar-refractivity contribution < 1.29 is 8.42 Å². The zero-order valence-electron chi connectivity index (χ0n) is 13.6. The third kappa shape index (κ3) is 3.62. The molecular formula is C18H17ClN2O2S2. The maximum atomic E-state index is 13.3. The van der Waals surface area contributed by atoms with Crippen LogP contribution in [-0.2, 0) is 16.6 Å². The van der Waals surface area contributed by atoms with Gasteiger partial charge in [-0.3, -0.25) is 4.98 Å². The molecule has 0 bridgehead atoms. The Morgan fingerprint density at radius 1 is 1.28 bits per heavy atom. The lowest BCUT2D eigenvalue weighted by Gasteiger charge is -2.21. The number of fused-ring (bicyclic) bond motifs is 1. The monoisotopic (exact) mass is 392 g/mol. The molecular weight excluding hydrogens is 376 g/mol. The molecule has 0 aliphatic rings. The van der Waals surface area contributed by atoms with Gasteiger partial charge in [0.15, 0.2) is 0 Å². The summed E-state index contributed by atoms with van der Waals surface area (Å²) < 4.78 is 28.6. The van der Waals surface area contributed by atoms with Crippen molar-refractivity contribution in [3.05, 3.63) is 70.0 Å². The molecule has 0 aliphatic carbocycles. The molecule has 1 aromatic carbocycles. The second-order valence-corrected chi connectivity index (χ2v) is 9.28. The summed E-state index contributed by atoms with van der Waals surface area (Å²) >= 11 is 7.34. The molecule has 3 rings (SSSR count). The van der Waals surface area contributed by atoms with Crippen molar-refractivity contribution in [1.82, 2.24) is 9.29 Å². The number of hydrogen-bond acceptors (Lipinski definition) is 4. The SMILES string of the molecule is C=CCN(Cc1ccc(Cl)s1)S(=O)(=O)c1ccc(C)c2ncccc12. The average molecular weight is 393 g/mol. The van der Waals surface area contributed by atoms with E-state index in [9.17, 15) is 8.42 Å². The molecule has 0 aliphatic heterocycles. The van der Waals surface area contributed by atoms with Crippen molar-refractivity contribution in [2.24, 2.45) is 0 Å². The molecule has 0 N–H and O–H groups in total. The van der Waals surface area contributed by atoms with Crippen LogP contribution in [0.1, 0.15) is 10.4 Å². The number of rotatable bonds is 6. The van der Waals surface area contributed by atoms with Gasteiger partial charge < -0.3 is 0 Å². The van der Waals surface area contributed by atoms with Crippen molar-refractivity contribution in [3.8, 4) is 0 Å². The van der Waals surface area contributed by atoms with Crippen molar-refractivity contribution in [1.29, 1.82) is 0 Å². The fourth-order valence-electron chi connectivity index (χ4n) is 2.65. The van der Waals surface area contributed by atoms with Crippen LogP contribution in [0.5, 0.6) is 0 Å². The Hall–Kier alpha value is -1.73. The van der Waals surface area contributed by atoms with Gasteiger partial charge in [-0.05, 0) is 42.8 Å². The second kappa shape index (κ2) is 7.25. The van der Waals surface area contributed by atoms with E-state index in [0.717, 1.165) is 10.4 Å². The number of thiophene rings is 1. The first kappa shape index (κ1) is 18.1. The third-order valence-electron chi connectivity index (χ3n) is 3.84. The Bertz CT molecular complexity index is 1030.